The van der Waals surface area contributed by atoms with Gasteiger partial charge in [0.05, 0.1) is 19.6 Å². The first kappa shape index (κ1) is 18.5. The van der Waals surface area contributed by atoms with Crippen molar-refractivity contribution in [2.24, 2.45) is 11.7 Å². The number of hydrogen-bond acceptors (Lipinski definition) is 5. The van der Waals surface area contributed by atoms with E-state index in [1.807, 2.05) is 29.2 Å². The number of primary amides is 1. The molecular weight excluding hydrogens is 332 g/mol. The first-order chi connectivity index (χ1) is 12.6. The molecular formula is C19H28N4O3. The number of likely N-dealkylation sites (tertiary alicyclic amines) is 1. The van der Waals surface area contributed by atoms with Crippen LogP contribution in [0.4, 0.5) is 5.69 Å². The van der Waals surface area contributed by atoms with E-state index in [9.17, 15) is 9.59 Å². The van der Waals surface area contributed by atoms with Crippen LogP contribution in [-0.4, -0.2) is 74.5 Å². The Morgan fingerprint density at radius 2 is 1.81 bits per heavy atom. The molecule has 2 saturated heterocycles. The summed E-state index contributed by atoms with van der Waals surface area (Å²) in [6.07, 6.45) is 1.76. The predicted octanol–water partition coefficient (Wildman–Crippen LogP) is 0.541. The number of hydrogen-bond donors (Lipinski definition) is 1. The maximum absolute atomic E-state index is 12.6. The van der Waals surface area contributed by atoms with Crippen molar-refractivity contribution >= 4 is 17.5 Å². The molecule has 0 unspecified atom stereocenters. The van der Waals surface area contributed by atoms with Gasteiger partial charge in [-0.1, -0.05) is 0 Å². The second-order valence-corrected chi connectivity index (χ2v) is 7.04. The lowest BCUT2D eigenvalue weighted by Crippen LogP contribution is -2.52. The van der Waals surface area contributed by atoms with Gasteiger partial charge in [-0.25, -0.2) is 0 Å². The average Bonchev–Trinajstić information content (AvgIpc) is 2.68. The Morgan fingerprint density at radius 1 is 1.12 bits per heavy atom. The van der Waals surface area contributed by atoms with Gasteiger partial charge in [0, 0.05) is 38.4 Å². The summed E-state index contributed by atoms with van der Waals surface area (Å²) in [5, 5.41) is 0. The van der Waals surface area contributed by atoms with E-state index in [-0.39, 0.29) is 17.7 Å². The van der Waals surface area contributed by atoms with Crippen molar-refractivity contribution in [1.82, 2.24) is 9.80 Å². The number of amides is 2. The molecule has 0 aromatic heterocycles. The number of nitrogens with zero attached hydrogens (tertiary/aromatic N) is 3. The van der Waals surface area contributed by atoms with Crippen LogP contribution < -0.4 is 15.4 Å². The number of carbonyl (C=O) groups is 2. The number of methoxy groups -OCH3 is 1. The third-order valence-corrected chi connectivity index (χ3v) is 5.34. The second-order valence-electron chi connectivity index (χ2n) is 7.04. The van der Waals surface area contributed by atoms with Crippen molar-refractivity contribution in [2.45, 2.75) is 12.8 Å². The molecule has 1 aromatic carbocycles. The molecule has 2 aliphatic rings. The zero-order valence-electron chi connectivity index (χ0n) is 15.4. The van der Waals surface area contributed by atoms with E-state index in [0.717, 1.165) is 57.0 Å². The minimum absolute atomic E-state index is 0.122. The Morgan fingerprint density at radius 3 is 2.42 bits per heavy atom. The van der Waals surface area contributed by atoms with Gasteiger partial charge >= 0.3 is 0 Å². The predicted molar refractivity (Wildman–Crippen MR) is 100 cm³/mol. The van der Waals surface area contributed by atoms with Gasteiger partial charge in [0.1, 0.15) is 5.75 Å². The third-order valence-electron chi connectivity index (χ3n) is 5.34. The molecule has 2 fully saturated rings. The molecule has 7 nitrogen and oxygen atoms in total. The van der Waals surface area contributed by atoms with E-state index in [1.54, 1.807) is 7.11 Å². The molecule has 142 valence electrons. The Balaban J connectivity index is 1.48. The minimum Gasteiger partial charge on any atom is -0.497 e. The number of piperazine rings is 1. The van der Waals surface area contributed by atoms with Crippen LogP contribution in [0.3, 0.4) is 0 Å². The number of ether oxygens (including phenoxy) is 1. The van der Waals surface area contributed by atoms with E-state index in [4.69, 9.17) is 10.5 Å². The molecule has 0 radical (unpaired) electrons. The molecule has 26 heavy (non-hydrogen) atoms. The quantitative estimate of drug-likeness (QED) is 0.829. The summed E-state index contributed by atoms with van der Waals surface area (Å²) in [6.45, 7) is 4.93. The van der Waals surface area contributed by atoms with Crippen LogP contribution in [0.2, 0.25) is 0 Å². The van der Waals surface area contributed by atoms with Gasteiger partial charge in [-0.2, -0.15) is 0 Å². The Labute approximate surface area is 154 Å². The lowest BCUT2D eigenvalue weighted by molar-refractivity contribution is -0.134. The van der Waals surface area contributed by atoms with Crippen molar-refractivity contribution in [3.63, 3.8) is 0 Å². The lowest BCUT2D eigenvalue weighted by atomic mass is 9.97. The minimum atomic E-state index is -0.254. The van der Waals surface area contributed by atoms with Crippen molar-refractivity contribution in [3.8, 4) is 5.75 Å². The average molecular weight is 360 g/mol. The van der Waals surface area contributed by atoms with Gasteiger partial charge in [0.2, 0.25) is 11.8 Å². The van der Waals surface area contributed by atoms with Crippen molar-refractivity contribution in [1.29, 1.82) is 0 Å². The number of benzene rings is 1. The first-order valence-electron chi connectivity index (χ1n) is 9.25. The highest BCUT2D eigenvalue weighted by molar-refractivity contribution is 5.79. The van der Waals surface area contributed by atoms with Gasteiger partial charge in [0.25, 0.3) is 0 Å². The smallest absolute Gasteiger partial charge is 0.236 e. The van der Waals surface area contributed by atoms with Crippen LogP contribution in [0, 0.1) is 5.92 Å². The SMILES string of the molecule is COc1ccc(N2CCN(C(=O)CN3CCC[C@H](C(N)=O)C3)CC2)cc1. The van der Waals surface area contributed by atoms with Crippen LogP contribution in [0.25, 0.3) is 0 Å². The Kier molecular flexibility index (Phi) is 5.98. The molecule has 1 aromatic rings. The zero-order valence-corrected chi connectivity index (χ0v) is 15.4. The first-order valence-corrected chi connectivity index (χ1v) is 9.25. The van der Waals surface area contributed by atoms with Crippen molar-refractivity contribution < 1.29 is 14.3 Å². The number of anilines is 1. The summed E-state index contributed by atoms with van der Waals surface area (Å²) in [7, 11) is 1.66. The summed E-state index contributed by atoms with van der Waals surface area (Å²) in [5.41, 5.74) is 6.57. The van der Waals surface area contributed by atoms with E-state index in [1.165, 1.54) is 0 Å². The van der Waals surface area contributed by atoms with Crippen LogP contribution in [0.1, 0.15) is 12.8 Å². The normalized spacial score (nSPS) is 21.5. The molecule has 2 aliphatic heterocycles. The van der Waals surface area contributed by atoms with Crippen LogP contribution in [0.15, 0.2) is 24.3 Å². The van der Waals surface area contributed by atoms with E-state index in [2.05, 4.69) is 9.80 Å². The molecule has 3 rings (SSSR count). The number of nitrogens with two attached hydrogens (primary N) is 1. The van der Waals surface area contributed by atoms with E-state index < -0.39 is 0 Å². The monoisotopic (exact) mass is 360 g/mol. The number of piperidine rings is 1. The van der Waals surface area contributed by atoms with Gasteiger partial charge in [-0.15, -0.1) is 0 Å². The maximum atomic E-state index is 12.6. The molecule has 1 atom stereocenters. The molecule has 0 saturated carbocycles. The standard InChI is InChI=1S/C19H28N4O3/c1-26-17-6-4-16(5-7-17)22-9-11-23(12-10-22)18(24)14-21-8-2-3-15(13-21)19(20)25/h4-7,15H,2-3,8-14H2,1H3,(H2,20,25)/t15-/m0/s1. The topological polar surface area (TPSA) is 79.1 Å². The summed E-state index contributed by atoms with van der Waals surface area (Å²) >= 11 is 0. The highest BCUT2D eigenvalue weighted by Gasteiger charge is 2.27. The molecule has 2 heterocycles. The highest BCUT2D eigenvalue weighted by atomic mass is 16.5. The Bertz CT molecular complexity index is 626. The van der Waals surface area contributed by atoms with Gasteiger partial charge < -0.3 is 20.3 Å². The molecule has 7 heteroatoms. The van der Waals surface area contributed by atoms with E-state index >= 15 is 0 Å². The summed E-state index contributed by atoms with van der Waals surface area (Å²) < 4.78 is 5.19. The van der Waals surface area contributed by atoms with Gasteiger partial charge in [-0.3, -0.25) is 14.5 Å². The van der Waals surface area contributed by atoms with Crippen LogP contribution >= 0.6 is 0 Å². The largest absolute Gasteiger partial charge is 0.497 e. The fourth-order valence-corrected chi connectivity index (χ4v) is 3.73. The second kappa shape index (κ2) is 8.40. The van der Waals surface area contributed by atoms with Crippen LogP contribution in [-0.2, 0) is 9.59 Å². The number of carbonyl (C=O) groups excluding carboxylic acids is 2. The van der Waals surface area contributed by atoms with Crippen molar-refractivity contribution in [3.05, 3.63) is 24.3 Å². The number of rotatable bonds is 5. The van der Waals surface area contributed by atoms with Crippen molar-refractivity contribution in [2.75, 3.05) is 57.8 Å². The molecule has 0 aliphatic carbocycles. The summed E-state index contributed by atoms with van der Waals surface area (Å²) in [6, 6.07) is 8.01. The molecule has 2 amide bonds. The molecule has 0 spiro atoms. The third kappa shape index (κ3) is 4.46. The van der Waals surface area contributed by atoms with Crippen LogP contribution in [0.5, 0.6) is 5.75 Å². The summed E-state index contributed by atoms with van der Waals surface area (Å²) in [4.78, 5) is 30.3. The fraction of sp³-hybridized carbons (Fsp3) is 0.579. The fourth-order valence-electron chi connectivity index (χ4n) is 3.73. The zero-order chi connectivity index (χ0) is 18.5. The maximum Gasteiger partial charge on any atom is 0.236 e. The summed E-state index contributed by atoms with van der Waals surface area (Å²) in [5.74, 6) is 0.613. The molecule has 2 N–H and O–H groups in total. The Hall–Kier alpha value is -2.28. The molecule has 0 bridgehead atoms. The van der Waals surface area contributed by atoms with Gasteiger partial charge in [0.15, 0.2) is 0 Å². The van der Waals surface area contributed by atoms with E-state index in [0.29, 0.717) is 13.1 Å². The highest BCUT2D eigenvalue weighted by Crippen LogP contribution is 2.21. The lowest BCUT2D eigenvalue weighted by Gasteiger charge is -2.38. The van der Waals surface area contributed by atoms with Gasteiger partial charge in [-0.05, 0) is 43.7 Å².